The molecule has 1 aliphatic heterocycles. The predicted octanol–water partition coefficient (Wildman–Crippen LogP) is -0.811. The fraction of sp³-hybridized carbons (Fsp3) is 0.556. The quantitative estimate of drug-likeness (QED) is 0.696. The molecule has 0 bridgehead atoms. The lowest BCUT2D eigenvalue weighted by Gasteiger charge is -2.22. The number of hydrogen-bond acceptors (Lipinski definition) is 6. The zero-order valence-electron chi connectivity index (χ0n) is 8.72. The Morgan fingerprint density at radius 2 is 2.56 bits per heavy atom. The van der Waals surface area contributed by atoms with Crippen molar-refractivity contribution in [2.75, 3.05) is 25.1 Å². The normalized spacial score (nSPS) is 20.4. The predicted molar refractivity (Wildman–Crippen MR) is 55.7 cm³/mol. The largest absolute Gasteiger partial charge is 0.378 e. The highest BCUT2D eigenvalue weighted by Gasteiger charge is 2.17. The van der Waals surface area contributed by atoms with Gasteiger partial charge >= 0.3 is 0 Å². The molecule has 1 fully saturated rings. The highest BCUT2D eigenvalue weighted by atomic mass is 16.5. The average molecular weight is 223 g/mol. The van der Waals surface area contributed by atoms with E-state index in [1.54, 1.807) is 0 Å². The molecule has 2 rings (SSSR count). The van der Waals surface area contributed by atoms with Crippen molar-refractivity contribution in [3.05, 3.63) is 12.4 Å². The number of nitrogens with zero attached hydrogens (tertiary/aromatic N) is 3. The summed E-state index contributed by atoms with van der Waals surface area (Å²) in [5.74, 6) is 0.0835. The van der Waals surface area contributed by atoms with E-state index in [9.17, 15) is 4.79 Å². The molecule has 86 valence electrons. The van der Waals surface area contributed by atoms with E-state index in [2.05, 4.69) is 25.8 Å². The van der Waals surface area contributed by atoms with E-state index in [-0.39, 0.29) is 17.9 Å². The van der Waals surface area contributed by atoms with Crippen molar-refractivity contribution < 1.29 is 9.53 Å². The molecule has 7 heteroatoms. The van der Waals surface area contributed by atoms with E-state index in [1.165, 1.54) is 12.4 Å². The summed E-state index contributed by atoms with van der Waals surface area (Å²) in [5, 5.41) is 13.0. The molecule has 1 aromatic rings. The summed E-state index contributed by atoms with van der Waals surface area (Å²) in [6, 6.07) is 0.0606. The SMILES string of the molecule is O=C(CC1COCCN1)Nc1nccnn1. The standard InChI is InChI=1S/C9H13N5O2/c15-8(5-7-6-16-4-3-10-7)13-9-11-1-2-12-14-9/h1-2,7,10H,3-6H2,(H,11,13,14,15). The van der Waals surface area contributed by atoms with Crippen LogP contribution in [-0.2, 0) is 9.53 Å². The molecular formula is C9H13N5O2. The fourth-order valence-electron chi connectivity index (χ4n) is 1.46. The third-order valence-corrected chi connectivity index (χ3v) is 2.16. The van der Waals surface area contributed by atoms with Gasteiger partial charge in [-0.05, 0) is 0 Å². The maximum absolute atomic E-state index is 11.6. The Kier molecular flexibility index (Phi) is 3.73. The van der Waals surface area contributed by atoms with Gasteiger partial charge < -0.3 is 10.1 Å². The lowest BCUT2D eigenvalue weighted by atomic mass is 10.2. The van der Waals surface area contributed by atoms with E-state index in [1.807, 2.05) is 0 Å². The van der Waals surface area contributed by atoms with Crippen molar-refractivity contribution in [3.8, 4) is 0 Å². The monoisotopic (exact) mass is 223 g/mol. The zero-order chi connectivity index (χ0) is 11.2. The van der Waals surface area contributed by atoms with Crippen LogP contribution in [0.15, 0.2) is 12.4 Å². The number of anilines is 1. The van der Waals surface area contributed by atoms with Gasteiger partial charge in [-0.1, -0.05) is 0 Å². The van der Waals surface area contributed by atoms with Gasteiger partial charge in [0.05, 0.1) is 25.6 Å². The maximum Gasteiger partial charge on any atom is 0.249 e. The topological polar surface area (TPSA) is 89.0 Å². The average Bonchev–Trinajstić information content (AvgIpc) is 2.31. The summed E-state index contributed by atoms with van der Waals surface area (Å²) >= 11 is 0. The Hall–Kier alpha value is -1.60. The number of carbonyl (C=O) groups excluding carboxylic acids is 1. The first-order chi connectivity index (χ1) is 7.84. The molecule has 1 amide bonds. The molecule has 0 aliphatic carbocycles. The lowest BCUT2D eigenvalue weighted by Crippen LogP contribution is -2.43. The molecule has 7 nitrogen and oxygen atoms in total. The summed E-state index contributed by atoms with van der Waals surface area (Å²) < 4.78 is 5.25. The van der Waals surface area contributed by atoms with Crippen molar-refractivity contribution in [1.29, 1.82) is 0 Å². The third kappa shape index (κ3) is 3.21. The van der Waals surface area contributed by atoms with Crippen LogP contribution >= 0.6 is 0 Å². The molecule has 1 saturated heterocycles. The van der Waals surface area contributed by atoms with Crippen LogP contribution in [0.4, 0.5) is 5.95 Å². The first-order valence-electron chi connectivity index (χ1n) is 5.09. The van der Waals surface area contributed by atoms with Crippen LogP contribution in [0.3, 0.4) is 0 Å². The number of ether oxygens (including phenoxy) is 1. The highest BCUT2D eigenvalue weighted by Crippen LogP contribution is 2.01. The van der Waals surface area contributed by atoms with Crippen LogP contribution in [0.1, 0.15) is 6.42 Å². The van der Waals surface area contributed by atoms with Gasteiger partial charge in [-0.3, -0.25) is 10.1 Å². The summed E-state index contributed by atoms with van der Waals surface area (Å²) in [4.78, 5) is 15.4. The van der Waals surface area contributed by atoms with Crippen LogP contribution < -0.4 is 10.6 Å². The Labute approximate surface area is 92.6 Å². The molecule has 16 heavy (non-hydrogen) atoms. The number of rotatable bonds is 3. The second-order valence-corrected chi connectivity index (χ2v) is 3.44. The van der Waals surface area contributed by atoms with E-state index in [0.29, 0.717) is 19.6 Å². The van der Waals surface area contributed by atoms with Crippen molar-refractivity contribution in [2.24, 2.45) is 0 Å². The minimum absolute atomic E-state index is 0.0606. The van der Waals surface area contributed by atoms with Crippen molar-refractivity contribution in [3.63, 3.8) is 0 Å². The minimum Gasteiger partial charge on any atom is -0.378 e. The van der Waals surface area contributed by atoms with Gasteiger partial charge in [0.25, 0.3) is 0 Å². The first-order valence-corrected chi connectivity index (χ1v) is 5.09. The van der Waals surface area contributed by atoms with Gasteiger partial charge in [-0.2, -0.15) is 5.10 Å². The van der Waals surface area contributed by atoms with Gasteiger partial charge in [0.2, 0.25) is 11.9 Å². The second kappa shape index (κ2) is 5.47. The number of carbonyl (C=O) groups is 1. The molecule has 1 aromatic heterocycles. The summed E-state index contributed by atoms with van der Waals surface area (Å²) in [6.07, 6.45) is 3.27. The molecule has 0 radical (unpaired) electrons. The van der Waals surface area contributed by atoms with E-state index >= 15 is 0 Å². The van der Waals surface area contributed by atoms with Gasteiger partial charge in [0.15, 0.2) is 0 Å². The molecule has 1 aliphatic rings. The van der Waals surface area contributed by atoms with Crippen molar-refractivity contribution in [1.82, 2.24) is 20.5 Å². The number of hydrogen-bond donors (Lipinski definition) is 2. The number of aromatic nitrogens is 3. The van der Waals surface area contributed by atoms with Crippen LogP contribution in [-0.4, -0.2) is 46.9 Å². The minimum atomic E-state index is -0.143. The van der Waals surface area contributed by atoms with Gasteiger partial charge in [0, 0.05) is 19.0 Å². The smallest absolute Gasteiger partial charge is 0.249 e. The zero-order valence-corrected chi connectivity index (χ0v) is 8.72. The fourth-order valence-corrected chi connectivity index (χ4v) is 1.46. The number of amides is 1. The Balaban J connectivity index is 1.80. The summed E-state index contributed by atoms with van der Waals surface area (Å²) in [7, 11) is 0. The Morgan fingerprint density at radius 3 is 3.25 bits per heavy atom. The van der Waals surface area contributed by atoms with Crippen LogP contribution in [0.5, 0.6) is 0 Å². The second-order valence-electron chi connectivity index (χ2n) is 3.44. The molecule has 0 saturated carbocycles. The van der Waals surface area contributed by atoms with Crippen molar-refractivity contribution in [2.45, 2.75) is 12.5 Å². The Bertz CT molecular complexity index is 339. The first kappa shape index (κ1) is 10.9. The molecule has 0 aromatic carbocycles. The van der Waals surface area contributed by atoms with Gasteiger partial charge in [-0.25, -0.2) is 4.98 Å². The molecule has 2 N–H and O–H groups in total. The van der Waals surface area contributed by atoms with Crippen LogP contribution in [0.2, 0.25) is 0 Å². The highest BCUT2D eigenvalue weighted by molar-refractivity contribution is 5.89. The molecule has 1 atom stereocenters. The lowest BCUT2D eigenvalue weighted by molar-refractivity contribution is -0.117. The molecular weight excluding hydrogens is 210 g/mol. The summed E-state index contributed by atoms with van der Waals surface area (Å²) in [6.45, 7) is 2.03. The van der Waals surface area contributed by atoms with E-state index in [4.69, 9.17) is 4.74 Å². The van der Waals surface area contributed by atoms with Crippen LogP contribution in [0.25, 0.3) is 0 Å². The molecule has 2 heterocycles. The molecule has 0 spiro atoms. The van der Waals surface area contributed by atoms with E-state index in [0.717, 1.165) is 6.54 Å². The molecule has 1 unspecified atom stereocenters. The third-order valence-electron chi connectivity index (χ3n) is 2.16. The van der Waals surface area contributed by atoms with E-state index < -0.39 is 0 Å². The summed E-state index contributed by atoms with van der Waals surface area (Å²) in [5.41, 5.74) is 0. The maximum atomic E-state index is 11.6. The number of morpholine rings is 1. The number of nitrogens with one attached hydrogen (secondary N) is 2. The van der Waals surface area contributed by atoms with Gasteiger partial charge in [0.1, 0.15) is 0 Å². The van der Waals surface area contributed by atoms with Crippen molar-refractivity contribution >= 4 is 11.9 Å². The van der Waals surface area contributed by atoms with Crippen LogP contribution in [0, 0.1) is 0 Å². The van der Waals surface area contributed by atoms with Gasteiger partial charge in [-0.15, -0.1) is 5.10 Å². The Morgan fingerprint density at radius 1 is 1.62 bits per heavy atom.